The van der Waals surface area contributed by atoms with E-state index in [9.17, 15) is 0 Å². The van der Waals surface area contributed by atoms with Crippen LogP contribution in [0.2, 0.25) is 5.28 Å². The summed E-state index contributed by atoms with van der Waals surface area (Å²) in [4.78, 5) is 12.6. The van der Waals surface area contributed by atoms with Crippen LogP contribution in [0.15, 0.2) is 35.1 Å². The highest BCUT2D eigenvalue weighted by Gasteiger charge is 2.11. The van der Waals surface area contributed by atoms with Gasteiger partial charge >= 0.3 is 0 Å². The van der Waals surface area contributed by atoms with Crippen LogP contribution in [0.1, 0.15) is 0 Å². The molecule has 0 aliphatic rings. The summed E-state index contributed by atoms with van der Waals surface area (Å²) in [5, 5.41) is 3.39. The third-order valence-electron chi connectivity index (χ3n) is 2.64. The average Bonchev–Trinajstić information content (AvgIpc) is 2.74. The standard InChI is InChI=1S/C12H9BrClN5/c1-19-6-15-9-10(17-12(14)18-11(9)19)16-8-4-2-7(13)3-5-8/h2-6H,1H3,(H,16,17,18). The second-order valence-electron chi connectivity index (χ2n) is 4.00. The van der Waals surface area contributed by atoms with Crippen molar-refractivity contribution in [1.29, 1.82) is 0 Å². The van der Waals surface area contributed by atoms with Gasteiger partial charge in [-0.2, -0.15) is 9.97 Å². The molecule has 2 heterocycles. The molecule has 0 amide bonds. The number of fused-ring (bicyclic) bond motifs is 1. The number of rotatable bonds is 2. The summed E-state index contributed by atoms with van der Waals surface area (Å²) in [6, 6.07) is 7.77. The summed E-state index contributed by atoms with van der Waals surface area (Å²) in [5.74, 6) is 0.595. The van der Waals surface area contributed by atoms with Crippen molar-refractivity contribution >= 4 is 50.2 Å². The van der Waals surface area contributed by atoms with Gasteiger partial charge in [0.2, 0.25) is 5.28 Å². The van der Waals surface area contributed by atoms with Crippen LogP contribution in [-0.2, 0) is 7.05 Å². The molecular formula is C12H9BrClN5. The maximum atomic E-state index is 5.93. The lowest BCUT2D eigenvalue weighted by molar-refractivity contribution is 0.928. The molecule has 19 heavy (non-hydrogen) atoms. The van der Waals surface area contributed by atoms with Crippen LogP contribution in [-0.4, -0.2) is 19.5 Å². The molecule has 0 saturated carbocycles. The summed E-state index contributed by atoms with van der Waals surface area (Å²) in [6.45, 7) is 0. The van der Waals surface area contributed by atoms with E-state index in [1.165, 1.54) is 0 Å². The first-order valence-corrected chi connectivity index (χ1v) is 6.68. The third kappa shape index (κ3) is 2.41. The Hall–Kier alpha value is -1.66. The SMILES string of the molecule is Cn1cnc2c(Nc3ccc(Br)cc3)nc(Cl)nc21. The highest BCUT2D eigenvalue weighted by molar-refractivity contribution is 9.10. The molecule has 0 atom stereocenters. The van der Waals surface area contributed by atoms with Gasteiger partial charge in [0.05, 0.1) is 6.33 Å². The second-order valence-corrected chi connectivity index (χ2v) is 5.25. The predicted molar refractivity (Wildman–Crippen MR) is 78.7 cm³/mol. The minimum atomic E-state index is 0.190. The van der Waals surface area contributed by atoms with Crippen LogP contribution < -0.4 is 5.32 Å². The van der Waals surface area contributed by atoms with Crippen molar-refractivity contribution in [3.8, 4) is 0 Å². The molecule has 0 bridgehead atoms. The first kappa shape index (κ1) is 12.4. The third-order valence-corrected chi connectivity index (χ3v) is 3.34. The summed E-state index contributed by atoms with van der Waals surface area (Å²) >= 11 is 9.33. The van der Waals surface area contributed by atoms with Gasteiger partial charge < -0.3 is 9.88 Å². The number of halogens is 2. The number of hydrogen-bond acceptors (Lipinski definition) is 4. The monoisotopic (exact) mass is 337 g/mol. The molecular weight excluding hydrogens is 330 g/mol. The quantitative estimate of drug-likeness (QED) is 0.726. The Kier molecular flexibility index (Phi) is 3.12. The number of nitrogens with one attached hydrogen (secondary N) is 1. The maximum Gasteiger partial charge on any atom is 0.226 e. The fourth-order valence-corrected chi connectivity index (χ4v) is 2.17. The molecule has 0 unspecified atom stereocenters. The minimum absolute atomic E-state index is 0.190. The van der Waals surface area contributed by atoms with E-state index in [2.05, 4.69) is 36.2 Å². The Morgan fingerprint density at radius 3 is 2.68 bits per heavy atom. The fraction of sp³-hybridized carbons (Fsp3) is 0.0833. The number of hydrogen-bond donors (Lipinski definition) is 1. The summed E-state index contributed by atoms with van der Waals surface area (Å²) in [5.41, 5.74) is 2.29. The zero-order valence-corrected chi connectivity index (χ0v) is 12.3. The van der Waals surface area contributed by atoms with Gasteiger partial charge in [0.1, 0.15) is 0 Å². The normalized spacial score (nSPS) is 10.9. The number of anilines is 2. The maximum absolute atomic E-state index is 5.93. The summed E-state index contributed by atoms with van der Waals surface area (Å²) in [7, 11) is 1.86. The van der Waals surface area contributed by atoms with Crippen LogP contribution in [0.5, 0.6) is 0 Å². The molecule has 2 aromatic heterocycles. The lowest BCUT2D eigenvalue weighted by atomic mass is 10.3. The Balaban J connectivity index is 2.07. The molecule has 0 aliphatic carbocycles. The van der Waals surface area contributed by atoms with Crippen molar-refractivity contribution in [2.45, 2.75) is 0 Å². The van der Waals surface area contributed by atoms with Gasteiger partial charge in [-0.05, 0) is 35.9 Å². The molecule has 3 rings (SSSR count). The van der Waals surface area contributed by atoms with E-state index in [-0.39, 0.29) is 5.28 Å². The van der Waals surface area contributed by atoms with Crippen LogP contribution in [0.25, 0.3) is 11.2 Å². The van der Waals surface area contributed by atoms with Crippen LogP contribution >= 0.6 is 27.5 Å². The van der Waals surface area contributed by atoms with Crippen molar-refractivity contribution in [3.63, 3.8) is 0 Å². The van der Waals surface area contributed by atoms with Gasteiger partial charge in [0.25, 0.3) is 0 Å². The molecule has 0 saturated heterocycles. The highest BCUT2D eigenvalue weighted by atomic mass is 79.9. The van der Waals surface area contributed by atoms with Gasteiger partial charge in [-0.15, -0.1) is 0 Å². The summed E-state index contributed by atoms with van der Waals surface area (Å²) in [6.07, 6.45) is 1.68. The number of nitrogens with zero attached hydrogens (tertiary/aromatic N) is 4. The van der Waals surface area contributed by atoms with Crippen molar-refractivity contribution in [2.75, 3.05) is 5.32 Å². The zero-order chi connectivity index (χ0) is 13.4. The number of imidazole rings is 1. The molecule has 3 aromatic rings. The second kappa shape index (κ2) is 4.79. The van der Waals surface area contributed by atoms with Crippen LogP contribution in [0, 0.1) is 0 Å². The molecule has 1 aromatic carbocycles. The molecule has 96 valence electrons. The largest absolute Gasteiger partial charge is 0.338 e. The number of aryl methyl sites for hydroxylation is 1. The van der Waals surface area contributed by atoms with Gasteiger partial charge in [-0.1, -0.05) is 15.9 Å². The van der Waals surface area contributed by atoms with Gasteiger partial charge in [-0.3, -0.25) is 0 Å². The van der Waals surface area contributed by atoms with Gasteiger partial charge in [0, 0.05) is 17.2 Å². The van der Waals surface area contributed by atoms with E-state index in [1.54, 1.807) is 10.9 Å². The first-order chi connectivity index (χ1) is 9.13. The smallest absolute Gasteiger partial charge is 0.226 e. The molecule has 0 fully saturated rings. The Morgan fingerprint density at radius 2 is 1.95 bits per heavy atom. The molecule has 1 N–H and O–H groups in total. The van der Waals surface area contributed by atoms with Crippen LogP contribution in [0.3, 0.4) is 0 Å². The average molecular weight is 339 g/mol. The lowest BCUT2D eigenvalue weighted by Crippen LogP contribution is -1.98. The van der Waals surface area contributed by atoms with E-state index < -0.39 is 0 Å². The first-order valence-electron chi connectivity index (χ1n) is 5.50. The molecule has 0 spiro atoms. The van der Waals surface area contributed by atoms with Gasteiger partial charge in [-0.25, -0.2) is 4.98 Å². The zero-order valence-electron chi connectivity index (χ0n) is 9.93. The van der Waals surface area contributed by atoms with Crippen LogP contribution in [0.4, 0.5) is 11.5 Å². The summed E-state index contributed by atoms with van der Waals surface area (Å²) < 4.78 is 2.82. The molecule has 0 radical (unpaired) electrons. The topological polar surface area (TPSA) is 55.6 Å². The van der Waals surface area contributed by atoms with E-state index in [1.807, 2.05) is 31.3 Å². The molecule has 0 aliphatic heterocycles. The lowest BCUT2D eigenvalue weighted by Gasteiger charge is -2.06. The van der Waals surface area contributed by atoms with E-state index in [4.69, 9.17) is 11.6 Å². The van der Waals surface area contributed by atoms with Crippen molar-refractivity contribution in [3.05, 3.63) is 40.3 Å². The number of benzene rings is 1. The van der Waals surface area contributed by atoms with Crippen molar-refractivity contribution in [2.24, 2.45) is 7.05 Å². The fourth-order valence-electron chi connectivity index (χ4n) is 1.74. The van der Waals surface area contributed by atoms with Crippen molar-refractivity contribution < 1.29 is 0 Å². The Morgan fingerprint density at radius 1 is 1.21 bits per heavy atom. The Bertz CT molecular complexity index is 738. The van der Waals surface area contributed by atoms with E-state index >= 15 is 0 Å². The van der Waals surface area contributed by atoms with Crippen molar-refractivity contribution in [1.82, 2.24) is 19.5 Å². The Labute approximate surface area is 122 Å². The minimum Gasteiger partial charge on any atom is -0.338 e. The number of aromatic nitrogens is 4. The highest BCUT2D eigenvalue weighted by Crippen LogP contribution is 2.24. The van der Waals surface area contributed by atoms with E-state index in [0.717, 1.165) is 10.2 Å². The molecule has 7 heteroatoms. The predicted octanol–water partition coefficient (Wildman–Crippen LogP) is 3.52. The van der Waals surface area contributed by atoms with Gasteiger partial charge in [0.15, 0.2) is 17.0 Å². The van der Waals surface area contributed by atoms with E-state index in [0.29, 0.717) is 17.0 Å². The molecule has 5 nitrogen and oxygen atoms in total.